The van der Waals surface area contributed by atoms with Crippen LogP contribution < -0.4 is 4.72 Å². The maximum absolute atomic E-state index is 12.6. The molecule has 0 aliphatic heterocycles. The van der Waals surface area contributed by atoms with Crippen molar-refractivity contribution in [1.29, 1.82) is 0 Å². The van der Waals surface area contributed by atoms with Crippen LogP contribution in [-0.2, 0) is 15.6 Å². The first-order valence-corrected chi connectivity index (χ1v) is 9.68. The van der Waals surface area contributed by atoms with E-state index in [0.29, 0.717) is 22.0 Å². The van der Waals surface area contributed by atoms with Crippen molar-refractivity contribution < 1.29 is 13.5 Å². The summed E-state index contributed by atoms with van der Waals surface area (Å²) in [5.41, 5.74) is 0.297. The number of sulfonamides is 1. The van der Waals surface area contributed by atoms with E-state index in [1.165, 1.54) is 23.0 Å². The van der Waals surface area contributed by atoms with Crippen molar-refractivity contribution in [3.8, 4) is 5.69 Å². The van der Waals surface area contributed by atoms with Crippen LogP contribution in [0.25, 0.3) is 5.69 Å². The third-order valence-corrected chi connectivity index (χ3v) is 5.41. The van der Waals surface area contributed by atoms with Crippen LogP contribution >= 0.6 is 11.6 Å². The summed E-state index contributed by atoms with van der Waals surface area (Å²) in [4.78, 5) is 0.151. The topological polar surface area (TPSA) is 84.2 Å². The molecule has 1 aromatic heterocycles. The highest BCUT2D eigenvalue weighted by Crippen LogP contribution is 2.28. The first-order valence-electron chi connectivity index (χ1n) is 7.82. The van der Waals surface area contributed by atoms with Crippen LogP contribution in [0.2, 0.25) is 5.02 Å². The summed E-state index contributed by atoms with van der Waals surface area (Å²) in [5, 5.41) is 14.8. The molecule has 0 unspecified atom stereocenters. The molecule has 136 valence electrons. The zero-order valence-electron chi connectivity index (χ0n) is 14.2. The molecule has 0 amide bonds. The van der Waals surface area contributed by atoms with Crippen LogP contribution in [0, 0.1) is 0 Å². The number of nitrogens with one attached hydrogen (secondary N) is 1. The van der Waals surface area contributed by atoms with E-state index in [0.717, 1.165) is 0 Å². The van der Waals surface area contributed by atoms with Gasteiger partial charge in [0.05, 0.1) is 28.1 Å². The number of halogens is 1. The van der Waals surface area contributed by atoms with Gasteiger partial charge >= 0.3 is 0 Å². The summed E-state index contributed by atoms with van der Waals surface area (Å²) in [7, 11) is -3.76. The first kappa shape index (κ1) is 18.4. The Morgan fingerprint density at radius 2 is 1.85 bits per heavy atom. The molecule has 0 radical (unpaired) electrons. The second-order valence-electron chi connectivity index (χ2n) is 6.31. The Morgan fingerprint density at radius 3 is 2.46 bits per heavy atom. The normalized spacial score (nSPS) is 12.2. The van der Waals surface area contributed by atoms with E-state index in [4.69, 9.17) is 11.6 Å². The fraction of sp³-hybridized carbons (Fsp3) is 0.167. The zero-order valence-corrected chi connectivity index (χ0v) is 15.8. The summed E-state index contributed by atoms with van der Waals surface area (Å²) < 4.78 is 29.3. The number of hydrogen-bond donors (Lipinski definition) is 2. The number of aliphatic hydroxyl groups is 1. The second kappa shape index (κ2) is 6.75. The average molecular weight is 392 g/mol. The minimum atomic E-state index is -3.76. The molecule has 0 bridgehead atoms. The van der Waals surface area contributed by atoms with Crippen molar-refractivity contribution in [3.05, 3.63) is 71.5 Å². The van der Waals surface area contributed by atoms with E-state index in [2.05, 4.69) is 9.82 Å². The van der Waals surface area contributed by atoms with Gasteiger partial charge in [-0.2, -0.15) is 5.10 Å². The van der Waals surface area contributed by atoms with E-state index in [1.54, 1.807) is 56.4 Å². The van der Waals surface area contributed by atoms with E-state index in [-0.39, 0.29) is 4.90 Å². The lowest BCUT2D eigenvalue weighted by Crippen LogP contribution is -2.15. The number of rotatable bonds is 5. The van der Waals surface area contributed by atoms with E-state index in [1.807, 2.05) is 0 Å². The number of benzene rings is 2. The maximum atomic E-state index is 12.6. The van der Waals surface area contributed by atoms with Gasteiger partial charge in [-0.3, -0.25) is 4.72 Å². The van der Waals surface area contributed by atoms with Gasteiger partial charge in [-0.1, -0.05) is 29.8 Å². The van der Waals surface area contributed by atoms with Crippen molar-refractivity contribution in [1.82, 2.24) is 9.78 Å². The number of aromatic nitrogens is 2. The Balaban J connectivity index is 2.03. The molecular weight excluding hydrogens is 374 g/mol. The molecule has 0 saturated heterocycles. The molecule has 2 N–H and O–H groups in total. The Labute approximate surface area is 157 Å². The quantitative estimate of drug-likeness (QED) is 0.696. The Hall–Kier alpha value is -2.35. The molecule has 26 heavy (non-hydrogen) atoms. The smallest absolute Gasteiger partial charge is 0.261 e. The molecule has 1 heterocycles. The Morgan fingerprint density at radius 1 is 1.15 bits per heavy atom. The lowest BCUT2D eigenvalue weighted by atomic mass is 10.0. The van der Waals surface area contributed by atoms with E-state index >= 15 is 0 Å². The predicted octanol–water partition coefficient (Wildman–Crippen LogP) is 3.55. The maximum Gasteiger partial charge on any atom is 0.261 e. The van der Waals surface area contributed by atoms with E-state index in [9.17, 15) is 13.5 Å². The van der Waals surface area contributed by atoms with Crippen molar-refractivity contribution in [2.45, 2.75) is 24.3 Å². The largest absolute Gasteiger partial charge is 0.386 e. The molecule has 0 aliphatic carbocycles. The molecule has 3 rings (SSSR count). The third kappa shape index (κ3) is 3.90. The van der Waals surface area contributed by atoms with Gasteiger partial charge < -0.3 is 5.11 Å². The van der Waals surface area contributed by atoms with Gasteiger partial charge in [0.1, 0.15) is 0 Å². The predicted molar refractivity (Wildman–Crippen MR) is 101 cm³/mol. The van der Waals surface area contributed by atoms with Gasteiger partial charge in [0.25, 0.3) is 10.0 Å². The van der Waals surface area contributed by atoms with Crippen LogP contribution in [0.4, 0.5) is 5.69 Å². The minimum Gasteiger partial charge on any atom is -0.386 e. The second-order valence-corrected chi connectivity index (χ2v) is 8.43. The van der Waals surface area contributed by atoms with Gasteiger partial charge in [-0.25, -0.2) is 13.1 Å². The van der Waals surface area contributed by atoms with Crippen LogP contribution in [0.5, 0.6) is 0 Å². The van der Waals surface area contributed by atoms with Crippen LogP contribution in [0.1, 0.15) is 19.4 Å². The minimum absolute atomic E-state index is 0.151. The number of nitrogens with zero attached hydrogens (tertiary/aromatic N) is 2. The zero-order chi connectivity index (χ0) is 18.9. The van der Waals surface area contributed by atoms with Gasteiger partial charge in [-0.05, 0) is 44.2 Å². The summed E-state index contributed by atoms with van der Waals surface area (Å²) in [6, 6.07) is 12.8. The highest BCUT2D eigenvalue weighted by atomic mass is 35.5. The Bertz CT molecular complexity index is 1030. The van der Waals surface area contributed by atoms with Crippen LogP contribution in [-0.4, -0.2) is 23.3 Å². The van der Waals surface area contributed by atoms with Gasteiger partial charge in [0.2, 0.25) is 0 Å². The van der Waals surface area contributed by atoms with Gasteiger partial charge in [0, 0.05) is 16.8 Å². The third-order valence-electron chi connectivity index (χ3n) is 3.79. The number of hydrogen-bond acceptors (Lipinski definition) is 4. The summed E-state index contributed by atoms with van der Waals surface area (Å²) in [5.74, 6) is 0. The van der Waals surface area contributed by atoms with Gasteiger partial charge in [-0.15, -0.1) is 0 Å². The fourth-order valence-electron chi connectivity index (χ4n) is 2.35. The van der Waals surface area contributed by atoms with Crippen molar-refractivity contribution in [3.63, 3.8) is 0 Å². The molecule has 8 heteroatoms. The van der Waals surface area contributed by atoms with Crippen LogP contribution in [0.15, 0.2) is 65.8 Å². The summed E-state index contributed by atoms with van der Waals surface area (Å²) >= 11 is 6.08. The number of anilines is 1. The molecule has 2 aromatic carbocycles. The molecule has 0 spiro atoms. The standard InChI is InChI=1S/C18H18ClN3O3S/c1-18(2,23)13-11-20-22(12-13)17-10-14(19)8-9-16(17)21-26(24,25)15-6-4-3-5-7-15/h3-12,21,23H,1-2H3. The summed E-state index contributed by atoms with van der Waals surface area (Å²) in [6.07, 6.45) is 3.16. The highest BCUT2D eigenvalue weighted by Gasteiger charge is 2.21. The lowest BCUT2D eigenvalue weighted by Gasteiger charge is -2.15. The molecule has 0 atom stereocenters. The van der Waals surface area contributed by atoms with Crippen LogP contribution in [0.3, 0.4) is 0 Å². The average Bonchev–Trinajstić information content (AvgIpc) is 3.07. The van der Waals surface area contributed by atoms with Crippen molar-refractivity contribution >= 4 is 27.3 Å². The molecular formula is C18H18ClN3O3S. The lowest BCUT2D eigenvalue weighted by molar-refractivity contribution is 0.0786. The molecule has 0 saturated carbocycles. The van der Waals surface area contributed by atoms with Crippen molar-refractivity contribution in [2.24, 2.45) is 0 Å². The Kier molecular flexibility index (Phi) is 4.79. The van der Waals surface area contributed by atoms with E-state index < -0.39 is 15.6 Å². The highest BCUT2D eigenvalue weighted by molar-refractivity contribution is 7.92. The van der Waals surface area contributed by atoms with Crippen molar-refractivity contribution in [2.75, 3.05) is 4.72 Å². The first-order chi connectivity index (χ1) is 12.2. The molecule has 3 aromatic rings. The SMILES string of the molecule is CC(C)(O)c1cnn(-c2cc(Cl)ccc2NS(=O)(=O)c2ccccc2)c1. The molecule has 0 fully saturated rings. The summed E-state index contributed by atoms with van der Waals surface area (Å²) in [6.45, 7) is 3.29. The molecule has 6 nitrogen and oxygen atoms in total. The molecule has 0 aliphatic rings. The fourth-order valence-corrected chi connectivity index (χ4v) is 3.62. The monoisotopic (exact) mass is 391 g/mol. The van der Waals surface area contributed by atoms with Gasteiger partial charge in [0.15, 0.2) is 0 Å².